The molecule has 2 heterocycles. The van der Waals surface area contributed by atoms with E-state index in [0.717, 1.165) is 29.6 Å². The maximum Gasteiger partial charge on any atom is 0.234 e. The molecule has 2 fully saturated rings. The molecule has 2 aromatic rings. The van der Waals surface area contributed by atoms with Crippen LogP contribution in [0.15, 0.2) is 29.4 Å². The van der Waals surface area contributed by atoms with Crippen LogP contribution in [0.1, 0.15) is 56.0 Å². The summed E-state index contributed by atoms with van der Waals surface area (Å²) in [4.78, 5) is 19.6. The van der Waals surface area contributed by atoms with E-state index in [9.17, 15) is 4.79 Å². The molecular formula is C22H30N4OS. The van der Waals surface area contributed by atoms with Gasteiger partial charge in [-0.15, -0.1) is 0 Å². The standard InChI is InChI=1S/C22H30N4OS/c1-16-17(2)26(20-7-3-4-8-20)22(23-16)28-15-21(27)24-18-9-11-19(12-10-18)25-13-5-6-14-25/h9-12,20H,3-8,13-15H2,1-2H3,(H,24,27). The van der Waals surface area contributed by atoms with Crippen molar-refractivity contribution in [3.8, 4) is 0 Å². The third-order valence-electron chi connectivity index (χ3n) is 6.00. The summed E-state index contributed by atoms with van der Waals surface area (Å²) >= 11 is 1.55. The Bertz CT molecular complexity index is 818. The van der Waals surface area contributed by atoms with E-state index in [1.54, 1.807) is 11.8 Å². The number of hydrogen-bond acceptors (Lipinski definition) is 4. The van der Waals surface area contributed by atoms with Crippen LogP contribution < -0.4 is 10.2 Å². The number of rotatable bonds is 6. The molecule has 0 atom stereocenters. The lowest BCUT2D eigenvalue weighted by molar-refractivity contribution is -0.113. The molecule has 1 aliphatic heterocycles. The summed E-state index contributed by atoms with van der Waals surface area (Å²) in [6, 6.07) is 8.76. The Hall–Kier alpha value is -1.95. The van der Waals surface area contributed by atoms with Crippen LogP contribution in [0.5, 0.6) is 0 Å². The highest BCUT2D eigenvalue weighted by atomic mass is 32.2. The molecule has 1 aliphatic carbocycles. The molecule has 1 aromatic heterocycles. The number of amides is 1. The van der Waals surface area contributed by atoms with E-state index >= 15 is 0 Å². The van der Waals surface area contributed by atoms with Crippen LogP contribution >= 0.6 is 11.8 Å². The van der Waals surface area contributed by atoms with E-state index in [0.29, 0.717) is 11.8 Å². The number of aryl methyl sites for hydroxylation is 1. The highest BCUT2D eigenvalue weighted by molar-refractivity contribution is 7.99. The van der Waals surface area contributed by atoms with Gasteiger partial charge in [0.05, 0.1) is 11.4 Å². The zero-order valence-corrected chi connectivity index (χ0v) is 17.7. The van der Waals surface area contributed by atoms with Crippen molar-refractivity contribution in [2.75, 3.05) is 29.1 Å². The lowest BCUT2D eigenvalue weighted by atomic mass is 10.2. The number of benzene rings is 1. The minimum absolute atomic E-state index is 0.0233. The number of carbonyl (C=O) groups is 1. The molecule has 0 radical (unpaired) electrons. The number of carbonyl (C=O) groups excluding carboxylic acids is 1. The van der Waals surface area contributed by atoms with Gasteiger partial charge in [-0.1, -0.05) is 24.6 Å². The largest absolute Gasteiger partial charge is 0.372 e. The van der Waals surface area contributed by atoms with Crippen molar-refractivity contribution in [1.29, 1.82) is 0 Å². The SMILES string of the molecule is Cc1nc(SCC(=O)Nc2ccc(N3CCCC3)cc2)n(C2CCCC2)c1C. The van der Waals surface area contributed by atoms with Crippen molar-refractivity contribution in [3.63, 3.8) is 0 Å². The fraction of sp³-hybridized carbons (Fsp3) is 0.545. The topological polar surface area (TPSA) is 50.2 Å². The van der Waals surface area contributed by atoms with Gasteiger partial charge in [0.25, 0.3) is 0 Å². The lowest BCUT2D eigenvalue weighted by Crippen LogP contribution is -2.18. The predicted molar refractivity (Wildman–Crippen MR) is 116 cm³/mol. The number of anilines is 2. The van der Waals surface area contributed by atoms with E-state index in [4.69, 9.17) is 4.98 Å². The molecule has 150 valence electrons. The molecule has 1 amide bonds. The maximum absolute atomic E-state index is 12.5. The first-order chi connectivity index (χ1) is 13.6. The Labute approximate surface area is 171 Å². The van der Waals surface area contributed by atoms with Crippen molar-refractivity contribution in [3.05, 3.63) is 35.7 Å². The van der Waals surface area contributed by atoms with E-state index in [1.807, 2.05) is 12.1 Å². The number of hydrogen-bond donors (Lipinski definition) is 1. The second-order valence-corrected chi connectivity index (χ2v) is 8.89. The Morgan fingerprint density at radius 3 is 2.46 bits per heavy atom. The molecule has 5 nitrogen and oxygen atoms in total. The van der Waals surface area contributed by atoms with Crippen molar-refractivity contribution in [2.24, 2.45) is 0 Å². The van der Waals surface area contributed by atoms with Gasteiger partial charge < -0.3 is 14.8 Å². The summed E-state index contributed by atoms with van der Waals surface area (Å²) < 4.78 is 2.37. The van der Waals surface area contributed by atoms with Gasteiger partial charge in [0.15, 0.2) is 5.16 Å². The van der Waals surface area contributed by atoms with Gasteiger partial charge in [-0.3, -0.25) is 4.79 Å². The number of nitrogens with one attached hydrogen (secondary N) is 1. The number of aromatic nitrogens is 2. The summed E-state index contributed by atoms with van der Waals surface area (Å²) in [6.07, 6.45) is 7.56. The summed E-state index contributed by atoms with van der Waals surface area (Å²) in [6.45, 7) is 6.48. The highest BCUT2D eigenvalue weighted by Gasteiger charge is 2.23. The molecule has 1 N–H and O–H groups in total. The van der Waals surface area contributed by atoms with Crippen molar-refractivity contribution in [1.82, 2.24) is 9.55 Å². The Morgan fingerprint density at radius 1 is 1.11 bits per heavy atom. The first-order valence-corrected chi connectivity index (χ1v) is 11.4. The quantitative estimate of drug-likeness (QED) is 0.700. The zero-order valence-electron chi connectivity index (χ0n) is 16.9. The third kappa shape index (κ3) is 4.22. The lowest BCUT2D eigenvalue weighted by Gasteiger charge is -2.18. The van der Waals surface area contributed by atoms with Crippen molar-refractivity contribution < 1.29 is 4.79 Å². The maximum atomic E-state index is 12.5. The molecule has 1 saturated heterocycles. The molecule has 6 heteroatoms. The van der Waals surface area contributed by atoms with Crippen LogP contribution in [0.4, 0.5) is 11.4 Å². The van der Waals surface area contributed by atoms with Crippen molar-refractivity contribution >= 4 is 29.0 Å². The third-order valence-corrected chi connectivity index (χ3v) is 6.95. The van der Waals surface area contributed by atoms with Crippen LogP contribution in [0, 0.1) is 13.8 Å². The molecule has 0 unspecified atom stereocenters. The van der Waals surface area contributed by atoms with Gasteiger partial charge in [-0.25, -0.2) is 4.98 Å². The molecule has 1 saturated carbocycles. The monoisotopic (exact) mass is 398 g/mol. The first-order valence-electron chi connectivity index (χ1n) is 10.4. The van der Waals surface area contributed by atoms with Gasteiger partial charge in [-0.2, -0.15) is 0 Å². The van der Waals surface area contributed by atoms with E-state index in [2.05, 4.69) is 40.8 Å². The van der Waals surface area contributed by atoms with E-state index < -0.39 is 0 Å². The average molecular weight is 399 g/mol. The first kappa shape index (κ1) is 19.4. The van der Waals surface area contributed by atoms with Gasteiger partial charge in [-0.05, 0) is 63.8 Å². The fourth-order valence-corrected chi connectivity index (χ4v) is 5.31. The highest BCUT2D eigenvalue weighted by Crippen LogP contribution is 2.35. The average Bonchev–Trinajstić information content (AvgIpc) is 3.44. The molecule has 1 aromatic carbocycles. The Balaban J connectivity index is 1.35. The number of nitrogens with zero attached hydrogens (tertiary/aromatic N) is 3. The van der Waals surface area contributed by atoms with E-state index in [-0.39, 0.29) is 5.91 Å². The van der Waals surface area contributed by atoms with Crippen LogP contribution in [-0.2, 0) is 4.79 Å². The molecular weight excluding hydrogens is 368 g/mol. The van der Waals surface area contributed by atoms with Gasteiger partial charge in [0, 0.05) is 36.2 Å². The van der Waals surface area contributed by atoms with Crippen LogP contribution in [0.3, 0.4) is 0 Å². The second-order valence-electron chi connectivity index (χ2n) is 7.95. The number of imidazole rings is 1. The van der Waals surface area contributed by atoms with E-state index in [1.165, 1.54) is 49.9 Å². The minimum Gasteiger partial charge on any atom is -0.372 e. The van der Waals surface area contributed by atoms with Crippen molar-refractivity contribution in [2.45, 2.75) is 63.6 Å². The Kier molecular flexibility index (Phi) is 5.95. The van der Waals surface area contributed by atoms with Gasteiger partial charge in [0.2, 0.25) is 5.91 Å². The minimum atomic E-state index is 0.0233. The predicted octanol–water partition coefficient (Wildman–Crippen LogP) is 4.95. The van der Waals surface area contributed by atoms with Gasteiger partial charge in [0.1, 0.15) is 0 Å². The molecule has 4 rings (SSSR count). The van der Waals surface area contributed by atoms with Crippen LogP contribution in [-0.4, -0.2) is 34.3 Å². The normalized spacial score (nSPS) is 17.4. The number of thioether (sulfide) groups is 1. The molecule has 2 aliphatic rings. The smallest absolute Gasteiger partial charge is 0.234 e. The summed E-state index contributed by atoms with van der Waals surface area (Å²) in [5.41, 5.74) is 4.43. The second kappa shape index (κ2) is 8.60. The van der Waals surface area contributed by atoms with Crippen LogP contribution in [0.2, 0.25) is 0 Å². The summed E-state index contributed by atoms with van der Waals surface area (Å²) in [7, 11) is 0. The van der Waals surface area contributed by atoms with Crippen LogP contribution in [0.25, 0.3) is 0 Å². The van der Waals surface area contributed by atoms with Gasteiger partial charge >= 0.3 is 0 Å². The fourth-order valence-electron chi connectivity index (χ4n) is 4.35. The molecule has 0 bridgehead atoms. The summed E-state index contributed by atoms with van der Waals surface area (Å²) in [5.74, 6) is 0.409. The summed E-state index contributed by atoms with van der Waals surface area (Å²) in [5, 5.41) is 4.01. The zero-order chi connectivity index (χ0) is 19.5. The Morgan fingerprint density at radius 2 is 1.79 bits per heavy atom. The molecule has 28 heavy (non-hydrogen) atoms. The molecule has 0 spiro atoms.